The minimum Gasteiger partial charge on any atom is -0.478 e. The third-order valence-electron chi connectivity index (χ3n) is 3.18. The molecule has 0 radical (unpaired) electrons. The normalized spacial score (nSPS) is 10.9. The van der Waals surface area contributed by atoms with Crippen LogP contribution in [0.4, 0.5) is 0 Å². The largest absolute Gasteiger partial charge is 0.478 e. The molecule has 2 aromatic carbocycles. The number of nitrogens with zero attached hydrogens (tertiary/aromatic N) is 2. The van der Waals surface area contributed by atoms with Crippen LogP contribution in [-0.4, -0.2) is 11.6 Å². The number of aromatic nitrogens is 1. The molecule has 0 spiro atoms. The van der Waals surface area contributed by atoms with Gasteiger partial charge in [-0.3, -0.25) is 0 Å². The van der Waals surface area contributed by atoms with Crippen molar-refractivity contribution in [1.29, 1.82) is 5.26 Å². The summed E-state index contributed by atoms with van der Waals surface area (Å²) >= 11 is 1.66. The van der Waals surface area contributed by atoms with Gasteiger partial charge in [-0.05, 0) is 42.8 Å². The SMILES string of the molecule is Cc1ccc2sc(/C=C/c3ccccc3OCC#N)nc2c1. The first-order chi connectivity index (χ1) is 10.8. The molecule has 0 aliphatic carbocycles. The predicted octanol–water partition coefficient (Wildman–Crippen LogP) is 4.68. The number of para-hydroxylation sites is 1. The Balaban J connectivity index is 1.88. The predicted molar refractivity (Wildman–Crippen MR) is 90.8 cm³/mol. The van der Waals surface area contributed by atoms with Crippen molar-refractivity contribution < 1.29 is 4.74 Å². The van der Waals surface area contributed by atoms with Crippen LogP contribution >= 0.6 is 11.3 Å². The first kappa shape index (κ1) is 14.3. The molecule has 0 N–H and O–H groups in total. The number of hydrogen-bond acceptors (Lipinski definition) is 4. The van der Waals surface area contributed by atoms with Crippen LogP contribution in [0, 0.1) is 18.3 Å². The molecule has 0 saturated carbocycles. The Morgan fingerprint density at radius 1 is 1.23 bits per heavy atom. The van der Waals surface area contributed by atoms with E-state index in [1.54, 1.807) is 11.3 Å². The van der Waals surface area contributed by atoms with Crippen LogP contribution < -0.4 is 4.74 Å². The topological polar surface area (TPSA) is 45.9 Å². The number of hydrogen-bond donors (Lipinski definition) is 0. The van der Waals surface area contributed by atoms with Gasteiger partial charge in [0.2, 0.25) is 0 Å². The lowest BCUT2D eigenvalue weighted by Crippen LogP contribution is -1.94. The lowest BCUT2D eigenvalue weighted by Gasteiger charge is -2.04. The standard InChI is InChI=1S/C18H14N2OS/c1-13-6-8-17-15(12-13)20-18(22-17)9-7-14-4-2-3-5-16(14)21-11-10-19/h2-9,12H,11H2,1H3/b9-7+. The molecular formula is C18H14N2OS. The monoisotopic (exact) mass is 306 g/mol. The number of aryl methyl sites for hydroxylation is 1. The summed E-state index contributed by atoms with van der Waals surface area (Å²) in [7, 11) is 0. The fourth-order valence-corrected chi connectivity index (χ4v) is 3.00. The molecular weight excluding hydrogens is 292 g/mol. The van der Waals surface area contributed by atoms with E-state index in [0.29, 0.717) is 5.75 Å². The second-order valence-corrected chi connectivity index (χ2v) is 5.90. The Labute approximate surface area is 133 Å². The summed E-state index contributed by atoms with van der Waals surface area (Å²) in [4.78, 5) is 4.62. The summed E-state index contributed by atoms with van der Waals surface area (Å²) in [6.07, 6.45) is 3.95. The summed E-state index contributed by atoms with van der Waals surface area (Å²) in [6, 6.07) is 15.9. The van der Waals surface area contributed by atoms with Crippen LogP contribution in [0.15, 0.2) is 42.5 Å². The molecule has 0 amide bonds. The fourth-order valence-electron chi connectivity index (χ4n) is 2.15. The van der Waals surface area contributed by atoms with Gasteiger partial charge in [0, 0.05) is 5.56 Å². The van der Waals surface area contributed by atoms with Crippen LogP contribution in [0.5, 0.6) is 5.75 Å². The number of benzene rings is 2. The Hall–Kier alpha value is -2.64. The lowest BCUT2D eigenvalue weighted by atomic mass is 10.2. The average molecular weight is 306 g/mol. The highest BCUT2D eigenvalue weighted by Crippen LogP contribution is 2.26. The van der Waals surface area contributed by atoms with Gasteiger partial charge in [-0.1, -0.05) is 24.3 Å². The van der Waals surface area contributed by atoms with Crippen molar-refractivity contribution >= 4 is 33.7 Å². The van der Waals surface area contributed by atoms with Crippen molar-refractivity contribution in [3.8, 4) is 11.8 Å². The van der Waals surface area contributed by atoms with Gasteiger partial charge >= 0.3 is 0 Å². The first-order valence-corrected chi connectivity index (χ1v) is 7.72. The average Bonchev–Trinajstić information content (AvgIpc) is 2.93. The van der Waals surface area contributed by atoms with Crippen molar-refractivity contribution in [2.75, 3.05) is 6.61 Å². The molecule has 0 aliphatic rings. The number of nitriles is 1. The molecule has 108 valence electrons. The van der Waals surface area contributed by atoms with E-state index < -0.39 is 0 Å². The highest BCUT2D eigenvalue weighted by molar-refractivity contribution is 7.19. The second kappa shape index (κ2) is 6.42. The molecule has 1 aromatic heterocycles. The van der Waals surface area contributed by atoms with Gasteiger partial charge in [0.05, 0.1) is 10.2 Å². The van der Waals surface area contributed by atoms with Gasteiger partial charge in [-0.15, -0.1) is 11.3 Å². The minimum absolute atomic E-state index is 0.0469. The zero-order valence-corrected chi connectivity index (χ0v) is 12.9. The van der Waals surface area contributed by atoms with E-state index in [-0.39, 0.29) is 6.61 Å². The van der Waals surface area contributed by atoms with Crippen molar-refractivity contribution in [3.05, 3.63) is 58.6 Å². The van der Waals surface area contributed by atoms with Crippen LogP contribution in [-0.2, 0) is 0 Å². The summed E-state index contributed by atoms with van der Waals surface area (Å²) in [5.74, 6) is 0.706. The van der Waals surface area contributed by atoms with Gasteiger partial charge < -0.3 is 4.74 Å². The van der Waals surface area contributed by atoms with E-state index in [2.05, 4.69) is 30.1 Å². The number of ether oxygens (including phenoxy) is 1. The fraction of sp³-hybridized carbons (Fsp3) is 0.111. The van der Waals surface area contributed by atoms with Crippen LogP contribution in [0.25, 0.3) is 22.4 Å². The summed E-state index contributed by atoms with van der Waals surface area (Å²) in [5.41, 5.74) is 3.18. The van der Waals surface area contributed by atoms with E-state index in [4.69, 9.17) is 10.00 Å². The van der Waals surface area contributed by atoms with Crippen molar-refractivity contribution in [2.45, 2.75) is 6.92 Å². The van der Waals surface area contributed by atoms with Crippen LogP contribution in [0.1, 0.15) is 16.1 Å². The number of thiazole rings is 1. The van der Waals surface area contributed by atoms with E-state index in [1.165, 1.54) is 10.3 Å². The van der Waals surface area contributed by atoms with Gasteiger partial charge in [0.25, 0.3) is 0 Å². The molecule has 0 bridgehead atoms. The molecule has 0 unspecified atom stereocenters. The molecule has 0 saturated heterocycles. The second-order valence-electron chi connectivity index (χ2n) is 4.84. The van der Waals surface area contributed by atoms with E-state index in [0.717, 1.165) is 16.1 Å². The maximum absolute atomic E-state index is 8.63. The van der Waals surface area contributed by atoms with Gasteiger partial charge in [0.15, 0.2) is 6.61 Å². The zero-order valence-electron chi connectivity index (χ0n) is 12.1. The van der Waals surface area contributed by atoms with Gasteiger partial charge in [-0.25, -0.2) is 4.98 Å². The molecule has 0 aliphatic heterocycles. The Bertz CT molecular complexity index is 874. The van der Waals surface area contributed by atoms with Crippen molar-refractivity contribution in [3.63, 3.8) is 0 Å². The Morgan fingerprint density at radius 2 is 2.09 bits per heavy atom. The minimum atomic E-state index is 0.0469. The van der Waals surface area contributed by atoms with Crippen molar-refractivity contribution in [1.82, 2.24) is 4.98 Å². The molecule has 22 heavy (non-hydrogen) atoms. The van der Waals surface area contributed by atoms with Crippen LogP contribution in [0.2, 0.25) is 0 Å². The van der Waals surface area contributed by atoms with E-state index >= 15 is 0 Å². The van der Waals surface area contributed by atoms with E-state index in [9.17, 15) is 0 Å². The summed E-state index contributed by atoms with van der Waals surface area (Å²) < 4.78 is 6.60. The van der Waals surface area contributed by atoms with Crippen LogP contribution in [0.3, 0.4) is 0 Å². The number of fused-ring (bicyclic) bond motifs is 1. The lowest BCUT2D eigenvalue weighted by molar-refractivity contribution is 0.367. The molecule has 1 heterocycles. The maximum Gasteiger partial charge on any atom is 0.174 e. The summed E-state index contributed by atoms with van der Waals surface area (Å²) in [6.45, 7) is 2.11. The molecule has 3 rings (SSSR count). The third kappa shape index (κ3) is 3.16. The Kier molecular flexibility index (Phi) is 4.17. The smallest absolute Gasteiger partial charge is 0.174 e. The molecule has 0 atom stereocenters. The van der Waals surface area contributed by atoms with Crippen molar-refractivity contribution in [2.24, 2.45) is 0 Å². The highest BCUT2D eigenvalue weighted by atomic mass is 32.1. The molecule has 0 fully saturated rings. The van der Waals surface area contributed by atoms with Gasteiger partial charge in [-0.2, -0.15) is 5.26 Å². The summed E-state index contributed by atoms with van der Waals surface area (Å²) in [5, 5.41) is 9.58. The Morgan fingerprint density at radius 3 is 2.95 bits per heavy atom. The third-order valence-corrected chi connectivity index (χ3v) is 4.18. The van der Waals surface area contributed by atoms with Gasteiger partial charge in [0.1, 0.15) is 16.8 Å². The molecule has 4 heteroatoms. The number of rotatable bonds is 4. The first-order valence-electron chi connectivity index (χ1n) is 6.90. The molecule has 3 nitrogen and oxygen atoms in total. The quantitative estimate of drug-likeness (QED) is 0.703. The maximum atomic E-state index is 8.63. The zero-order chi connectivity index (χ0) is 15.4. The highest BCUT2D eigenvalue weighted by Gasteiger charge is 2.03. The molecule has 3 aromatic rings. The van der Waals surface area contributed by atoms with E-state index in [1.807, 2.05) is 42.5 Å².